The van der Waals surface area contributed by atoms with E-state index in [2.05, 4.69) is 6.58 Å². The van der Waals surface area contributed by atoms with Crippen molar-refractivity contribution in [3.05, 3.63) is 23.9 Å². The Morgan fingerprint density at radius 3 is 2.59 bits per heavy atom. The first-order valence-electron chi connectivity index (χ1n) is 11.1. The number of amides is 2. The Hall–Kier alpha value is -2.41. The highest BCUT2D eigenvalue weighted by Crippen LogP contribution is 2.61. The molecule has 1 unspecified atom stereocenters. The van der Waals surface area contributed by atoms with Gasteiger partial charge in [0.2, 0.25) is 17.5 Å². The van der Waals surface area contributed by atoms with E-state index in [0.717, 1.165) is 0 Å². The van der Waals surface area contributed by atoms with Crippen LogP contribution in [0.2, 0.25) is 0 Å². The van der Waals surface area contributed by atoms with Crippen LogP contribution in [0.1, 0.15) is 6.92 Å². The Labute approximate surface area is 200 Å². The second kappa shape index (κ2) is 8.08. The van der Waals surface area contributed by atoms with Crippen LogP contribution in [0.5, 0.6) is 0 Å². The smallest absolute Gasteiger partial charge is 0.404 e. The molecule has 1 spiro atoms. The third-order valence-corrected chi connectivity index (χ3v) is 8.45. The van der Waals surface area contributed by atoms with Crippen molar-refractivity contribution in [3.8, 4) is 0 Å². The Kier molecular flexibility index (Phi) is 5.54. The molecule has 5 atom stereocenters. The van der Waals surface area contributed by atoms with Gasteiger partial charge < -0.3 is 34.5 Å². The van der Waals surface area contributed by atoms with Crippen LogP contribution in [0.15, 0.2) is 23.9 Å². The Morgan fingerprint density at radius 1 is 1.29 bits per heavy atom. The summed E-state index contributed by atoms with van der Waals surface area (Å²) in [5.74, 6) is -3.46. The Bertz CT molecular complexity index is 1010. The van der Waals surface area contributed by atoms with Gasteiger partial charge in [0.1, 0.15) is 12.6 Å². The molecular weight excluding hydrogens is 466 g/mol. The SMILES string of the molecule is C=CCSCC1C(=O)C2=C(C(=O)C13OCCO3)[C@@H](COC(N)=O)[C@@]1(OC)[C@@H]3[C@H](CN21)N3C(C)=O. The summed E-state index contributed by atoms with van der Waals surface area (Å²) in [6.07, 6.45) is 0.706. The standard InChI is InChI=1S/C22H27N3O8S/c1-4-7-34-10-13-17(27)16-15(19(28)22(13)32-5-6-33-22)12(9-31-20(23)29)21(30-3)18-14(8-24(16)21)25(18)11(2)26/h4,12-14,18H,1,5-10H2,2-3H3,(H2,23,29)/t12-,13?,14+,18+,21-,25?/m1/s1. The second-order valence-corrected chi connectivity index (χ2v) is 9.96. The largest absolute Gasteiger partial charge is 0.449 e. The molecule has 0 bridgehead atoms. The molecule has 5 aliphatic rings. The van der Waals surface area contributed by atoms with E-state index >= 15 is 0 Å². The van der Waals surface area contributed by atoms with Crippen molar-refractivity contribution in [2.75, 3.05) is 45.0 Å². The van der Waals surface area contributed by atoms with Crippen molar-refractivity contribution in [2.24, 2.45) is 17.6 Å². The molecule has 11 nitrogen and oxygen atoms in total. The number of carbonyl (C=O) groups excluding carboxylic acids is 4. The molecule has 3 saturated heterocycles. The minimum absolute atomic E-state index is 0.138. The molecule has 0 aromatic heterocycles. The summed E-state index contributed by atoms with van der Waals surface area (Å²) >= 11 is 1.46. The van der Waals surface area contributed by atoms with Crippen LogP contribution in [0.3, 0.4) is 0 Å². The fourth-order valence-electron chi connectivity index (χ4n) is 6.21. The third kappa shape index (κ3) is 2.88. The summed E-state index contributed by atoms with van der Waals surface area (Å²) in [4.78, 5) is 55.3. The molecule has 2 amide bonds. The van der Waals surface area contributed by atoms with E-state index in [1.807, 2.05) is 0 Å². The number of ketones is 2. The zero-order valence-corrected chi connectivity index (χ0v) is 19.8. The molecule has 0 saturated carbocycles. The average molecular weight is 494 g/mol. The van der Waals surface area contributed by atoms with E-state index in [1.54, 1.807) is 15.9 Å². The lowest BCUT2D eigenvalue weighted by molar-refractivity contribution is -0.197. The number of thioether (sulfide) groups is 1. The van der Waals surface area contributed by atoms with Gasteiger partial charge in [-0.3, -0.25) is 14.4 Å². The molecule has 4 heterocycles. The van der Waals surface area contributed by atoms with Gasteiger partial charge in [-0.1, -0.05) is 6.08 Å². The first kappa shape index (κ1) is 23.3. The van der Waals surface area contributed by atoms with Crippen molar-refractivity contribution in [2.45, 2.75) is 30.5 Å². The lowest BCUT2D eigenvalue weighted by Gasteiger charge is -2.41. The van der Waals surface area contributed by atoms with Crippen LogP contribution >= 0.6 is 11.8 Å². The zero-order chi connectivity index (χ0) is 24.4. The van der Waals surface area contributed by atoms with Crippen molar-refractivity contribution in [1.29, 1.82) is 0 Å². The summed E-state index contributed by atoms with van der Waals surface area (Å²) in [6, 6.07) is -0.577. The van der Waals surface area contributed by atoms with E-state index in [9.17, 15) is 19.2 Å². The van der Waals surface area contributed by atoms with Gasteiger partial charge in [0, 0.05) is 37.7 Å². The zero-order valence-electron chi connectivity index (χ0n) is 19.0. The number of methoxy groups -OCH3 is 1. The molecule has 2 N–H and O–H groups in total. The molecule has 12 heteroatoms. The number of fused-ring (bicyclic) bond motifs is 4. The molecular formula is C22H27N3O8S. The molecule has 5 rings (SSSR count). The molecule has 0 aromatic rings. The number of rotatable bonds is 7. The van der Waals surface area contributed by atoms with Crippen LogP contribution in [0.25, 0.3) is 0 Å². The normalized spacial score (nSPS) is 34.9. The lowest BCUT2D eigenvalue weighted by Crippen LogP contribution is -2.56. The van der Waals surface area contributed by atoms with Crippen molar-refractivity contribution in [1.82, 2.24) is 9.80 Å². The monoisotopic (exact) mass is 493 g/mol. The van der Waals surface area contributed by atoms with Gasteiger partial charge in [0.25, 0.3) is 0 Å². The van der Waals surface area contributed by atoms with E-state index in [0.29, 0.717) is 18.1 Å². The van der Waals surface area contributed by atoms with Crippen LogP contribution in [-0.4, -0.2) is 102 Å². The van der Waals surface area contributed by atoms with E-state index in [4.69, 9.17) is 24.7 Å². The van der Waals surface area contributed by atoms with Gasteiger partial charge in [-0.2, -0.15) is 11.8 Å². The number of primary amides is 1. The highest BCUT2D eigenvalue weighted by molar-refractivity contribution is 7.99. The number of piperazine rings is 1. The maximum absolute atomic E-state index is 14.1. The third-order valence-electron chi connectivity index (χ3n) is 7.41. The number of hydrogen-bond acceptors (Lipinski definition) is 10. The van der Waals surface area contributed by atoms with Gasteiger partial charge in [0.05, 0.1) is 36.8 Å². The lowest BCUT2D eigenvalue weighted by atomic mass is 9.76. The number of carbonyl (C=O) groups is 4. The van der Waals surface area contributed by atoms with Crippen LogP contribution in [0, 0.1) is 11.8 Å². The maximum atomic E-state index is 14.1. The van der Waals surface area contributed by atoms with Crippen LogP contribution in [-0.2, 0) is 33.3 Å². The first-order valence-corrected chi connectivity index (χ1v) is 12.2. The Balaban J connectivity index is 1.62. The van der Waals surface area contributed by atoms with E-state index in [-0.39, 0.29) is 48.8 Å². The Morgan fingerprint density at radius 2 is 2.00 bits per heavy atom. The minimum atomic E-state index is -1.74. The number of ether oxygens (including phenoxy) is 4. The summed E-state index contributed by atoms with van der Waals surface area (Å²) in [7, 11) is 1.46. The predicted molar refractivity (Wildman–Crippen MR) is 118 cm³/mol. The van der Waals surface area contributed by atoms with Crippen molar-refractivity contribution in [3.63, 3.8) is 0 Å². The highest BCUT2D eigenvalue weighted by atomic mass is 32.2. The van der Waals surface area contributed by atoms with Gasteiger partial charge >= 0.3 is 6.09 Å². The highest BCUT2D eigenvalue weighted by Gasteiger charge is 2.79. The fourth-order valence-corrected chi connectivity index (χ4v) is 7.12. The molecule has 0 aromatic carbocycles. The summed E-state index contributed by atoms with van der Waals surface area (Å²) in [5.41, 5.74) is 4.37. The maximum Gasteiger partial charge on any atom is 0.404 e. The van der Waals surface area contributed by atoms with Gasteiger partial charge in [-0.15, -0.1) is 6.58 Å². The fraction of sp³-hybridized carbons (Fsp3) is 0.636. The number of Topliss-reactive ketones (excluding diaryl/α,β-unsaturated/α-hetero) is 2. The summed E-state index contributed by atoms with van der Waals surface area (Å²) in [5, 5.41) is 0. The molecule has 184 valence electrons. The van der Waals surface area contributed by atoms with Gasteiger partial charge in [-0.05, 0) is 0 Å². The van der Waals surface area contributed by atoms with E-state index < -0.39 is 41.3 Å². The van der Waals surface area contributed by atoms with E-state index in [1.165, 1.54) is 25.8 Å². The van der Waals surface area contributed by atoms with Crippen LogP contribution < -0.4 is 5.73 Å². The van der Waals surface area contributed by atoms with Gasteiger partial charge in [0.15, 0.2) is 11.5 Å². The van der Waals surface area contributed by atoms with Crippen LogP contribution in [0.4, 0.5) is 4.79 Å². The number of nitrogens with zero attached hydrogens (tertiary/aromatic N) is 2. The molecule has 0 radical (unpaired) electrons. The molecule has 3 fully saturated rings. The first-order chi connectivity index (χ1) is 16.3. The average Bonchev–Trinajstić information content (AvgIpc) is 3.10. The number of nitrogens with two attached hydrogens (primary N) is 1. The molecule has 1 aliphatic carbocycles. The quantitative estimate of drug-likeness (QED) is 0.285. The molecule has 4 aliphatic heterocycles. The number of hydrogen-bond donors (Lipinski definition) is 1. The summed E-state index contributed by atoms with van der Waals surface area (Å²) in [6.45, 7) is 5.55. The number of allylic oxidation sites excluding steroid dienone is 1. The van der Waals surface area contributed by atoms with Crippen molar-refractivity contribution < 1.29 is 38.1 Å². The topological polar surface area (TPSA) is 137 Å². The van der Waals surface area contributed by atoms with Crippen molar-refractivity contribution >= 4 is 35.3 Å². The minimum Gasteiger partial charge on any atom is -0.449 e. The molecule has 34 heavy (non-hydrogen) atoms. The van der Waals surface area contributed by atoms with Gasteiger partial charge in [-0.25, -0.2) is 4.79 Å². The second-order valence-electron chi connectivity index (χ2n) is 8.89. The predicted octanol–water partition coefficient (Wildman–Crippen LogP) is -0.346. The summed E-state index contributed by atoms with van der Waals surface area (Å²) < 4.78 is 22.9.